The smallest absolute Gasteiger partial charge is 0.243 e. The maximum absolute atomic E-state index is 12.9. The zero-order valence-electron chi connectivity index (χ0n) is 18.5. The lowest BCUT2D eigenvalue weighted by Crippen LogP contribution is -2.48. The molecule has 0 radical (unpaired) electrons. The number of hydrogen-bond acceptors (Lipinski definition) is 6. The average molecular weight is 476 g/mol. The number of nitrogens with zero attached hydrogens (tertiary/aromatic N) is 1. The molecule has 1 aromatic carbocycles. The normalized spacial score (nSPS) is 20.7. The third-order valence-corrected chi connectivity index (χ3v) is 8.61. The minimum Gasteiger partial charge on any atom is -0.373 e. The number of morpholine rings is 1. The molecule has 1 amide bonds. The summed E-state index contributed by atoms with van der Waals surface area (Å²) in [5.41, 5.74) is 0.508. The van der Waals surface area contributed by atoms with Crippen molar-refractivity contribution >= 4 is 31.6 Å². The van der Waals surface area contributed by atoms with Crippen molar-refractivity contribution in [2.45, 2.75) is 69.3 Å². The Morgan fingerprint density at radius 1 is 1.06 bits per heavy atom. The van der Waals surface area contributed by atoms with Crippen LogP contribution in [-0.4, -0.2) is 64.1 Å². The van der Waals surface area contributed by atoms with Crippen LogP contribution in [0.4, 0.5) is 5.69 Å². The monoisotopic (exact) mass is 475 g/mol. The van der Waals surface area contributed by atoms with Gasteiger partial charge in [0, 0.05) is 31.7 Å². The molecule has 1 aliphatic rings. The van der Waals surface area contributed by atoms with Crippen molar-refractivity contribution in [1.82, 2.24) is 9.03 Å². The Morgan fingerprint density at radius 2 is 1.65 bits per heavy atom. The van der Waals surface area contributed by atoms with Crippen LogP contribution in [0.25, 0.3) is 0 Å². The molecule has 0 aromatic heterocycles. The van der Waals surface area contributed by atoms with Gasteiger partial charge >= 0.3 is 0 Å². The van der Waals surface area contributed by atoms with E-state index in [9.17, 15) is 21.6 Å². The Bertz CT molecular complexity index is 936. The van der Waals surface area contributed by atoms with Gasteiger partial charge in [0.05, 0.1) is 22.4 Å². The average Bonchev–Trinajstić information content (AvgIpc) is 2.67. The lowest BCUT2D eigenvalue weighted by Gasteiger charge is -2.34. The molecule has 31 heavy (non-hydrogen) atoms. The number of rotatable bonds is 10. The van der Waals surface area contributed by atoms with E-state index in [0.29, 0.717) is 38.2 Å². The van der Waals surface area contributed by atoms with Crippen molar-refractivity contribution in [3.63, 3.8) is 0 Å². The molecule has 11 heteroatoms. The number of carbonyl (C=O) groups excluding carboxylic acids is 1. The fourth-order valence-corrected chi connectivity index (χ4v) is 5.55. The van der Waals surface area contributed by atoms with E-state index in [-0.39, 0.29) is 29.4 Å². The summed E-state index contributed by atoms with van der Waals surface area (Å²) >= 11 is 0. The van der Waals surface area contributed by atoms with Crippen LogP contribution in [-0.2, 0) is 29.6 Å². The van der Waals surface area contributed by atoms with E-state index in [1.807, 2.05) is 13.8 Å². The molecule has 2 N–H and O–H groups in total. The molecule has 1 aliphatic heterocycles. The van der Waals surface area contributed by atoms with Gasteiger partial charge in [-0.25, -0.2) is 21.6 Å². The Hall–Kier alpha value is -1.53. The molecule has 1 aromatic rings. The maximum Gasteiger partial charge on any atom is 0.243 e. The molecule has 9 nitrogen and oxygen atoms in total. The predicted octanol–water partition coefficient (Wildman–Crippen LogP) is 1.92. The van der Waals surface area contributed by atoms with E-state index in [1.165, 1.54) is 16.4 Å². The maximum atomic E-state index is 12.9. The standard InChI is InChI=1S/C20H33N3O6S2/c1-15(2)30(25,26)21-12-6-5-7-20(24)22-18-8-10-19(11-9-18)31(27,28)23-13-16(3)29-17(4)14-23/h8-11,15-17,21H,5-7,12-14H2,1-4H3,(H,22,24). The third kappa shape index (κ3) is 7.53. The second-order valence-corrected chi connectivity index (χ2v) is 12.4. The lowest BCUT2D eigenvalue weighted by molar-refractivity contribution is -0.116. The summed E-state index contributed by atoms with van der Waals surface area (Å²) in [4.78, 5) is 12.3. The first kappa shape index (κ1) is 25.7. The van der Waals surface area contributed by atoms with E-state index in [2.05, 4.69) is 10.0 Å². The highest BCUT2D eigenvalue weighted by Gasteiger charge is 2.32. The summed E-state index contributed by atoms with van der Waals surface area (Å²) in [6.07, 6.45) is 0.988. The van der Waals surface area contributed by atoms with Gasteiger partial charge in [-0.1, -0.05) is 0 Å². The van der Waals surface area contributed by atoms with E-state index in [1.54, 1.807) is 26.0 Å². The minimum atomic E-state index is -3.63. The van der Waals surface area contributed by atoms with Gasteiger partial charge < -0.3 is 10.1 Å². The third-order valence-electron chi connectivity index (χ3n) is 4.92. The Balaban J connectivity index is 1.83. The predicted molar refractivity (Wildman–Crippen MR) is 120 cm³/mol. The van der Waals surface area contributed by atoms with Gasteiger partial charge in [-0.3, -0.25) is 4.79 Å². The summed E-state index contributed by atoms with van der Waals surface area (Å²) in [6.45, 7) is 7.80. The van der Waals surface area contributed by atoms with Crippen LogP contribution in [0.1, 0.15) is 47.0 Å². The zero-order valence-corrected chi connectivity index (χ0v) is 20.1. The number of anilines is 1. The summed E-state index contributed by atoms with van der Waals surface area (Å²) in [7, 11) is -6.92. The fourth-order valence-electron chi connectivity index (χ4n) is 3.20. The van der Waals surface area contributed by atoms with Crippen LogP contribution in [0.15, 0.2) is 29.2 Å². The fraction of sp³-hybridized carbons (Fsp3) is 0.650. The molecule has 0 spiro atoms. The molecule has 0 saturated carbocycles. The highest BCUT2D eigenvalue weighted by Crippen LogP contribution is 2.22. The van der Waals surface area contributed by atoms with Crippen molar-refractivity contribution in [2.75, 3.05) is 25.0 Å². The second-order valence-electron chi connectivity index (χ2n) is 8.10. The molecule has 0 bridgehead atoms. The molecule has 2 unspecified atom stereocenters. The van der Waals surface area contributed by atoms with E-state index in [0.717, 1.165) is 0 Å². The van der Waals surface area contributed by atoms with Gasteiger partial charge in [0.25, 0.3) is 0 Å². The van der Waals surface area contributed by atoms with Gasteiger partial charge in [0.2, 0.25) is 26.0 Å². The number of ether oxygens (including phenoxy) is 1. The number of amides is 1. The van der Waals surface area contributed by atoms with Crippen molar-refractivity contribution in [3.8, 4) is 0 Å². The number of unbranched alkanes of at least 4 members (excludes halogenated alkanes) is 1. The molecular weight excluding hydrogens is 442 g/mol. The lowest BCUT2D eigenvalue weighted by atomic mass is 10.2. The first-order valence-electron chi connectivity index (χ1n) is 10.5. The summed E-state index contributed by atoms with van der Waals surface area (Å²) in [5, 5.41) is 2.25. The minimum absolute atomic E-state index is 0.169. The quantitative estimate of drug-likeness (QED) is 0.499. The van der Waals surface area contributed by atoms with Crippen molar-refractivity contribution < 1.29 is 26.4 Å². The number of hydrogen-bond donors (Lipinski definition) is 2. The molecule has 2 atom stereocenters. The molecule has 0 aliphatic carbocycles. The highest BCUT2D eigenvalue weighted by atomic mass is 32.2. The Kier molecular flexibility index (Phi) is 9.02. The molecular formula is C20H33N3O6S2. The van der Waals surface area contributed by atoms with E-state index < -0.39 is 25.3 Å². The highest BCUT2D eigenvalue weighted by molar-refractivity contribution is 7.90. The van der Waals surface area contributed by atoms with Crippen LogP contribution in [0.5, 0.6) is 0 Å². The first-order valence-corrected chi connectivity index (χ1v) is 13.4. The van der Waals surface area contributed by atoms with Gasteiger partial charge in [-0.2, -0.15) is 4.31 Å². The molecule has 2 rings (SSSR count). The summed E-state index contributed by atoms with van der Waals surface area (Å²) < 4.78 is 58.6. The molecule has 1 heterocycles. The topological polar surface area (TPSA) is 122 Å². The van der Waals surface area contributed by atoms with Crippen LogP contribution >= 0.6 is 0 Å². The van der Waals surface area contributed by atoms with Crippen molar-refractivity contribution in [1.29, 1.82) is 0 Å². The summed E-state index contributed by atoms with van der Waals surface area (Å²) in [5.74, 6) is -0.210. The van der Waals surface area contributed by atoms with Crippen LogP contribution in [0.2, 0.25) is 0 Å². The number of carbonyl (C=O) groups is 1. The molecule has 1 saturated heterocycles. The zero-order chi connectivity index (χ0) is 23.2. The molecule has 176 valence electrons. The van der Waals surface area contributed by atoms with Gasteiger partial charge in [0.15, 0.2) is 0 Å². The van der Waals surface area contributed by atoms with Crippen LogP contribution in [0.3, 0.4) is 0 Å². The Labute approximate surface area is 185 Å². The summed E-state index contributed by atoms with van der Waals surface area (Å²) in [6, 6.07) is 6.09. The molecule has 1 fully saturated rings. The van der Waals surface area contributed by atoms with Crippen molar-refractivity contribution in [2.24, 2.45) is 0 Å². The van der Waals surface area contributed by atoms with Crippen molar-refractivity contribution in [3.05, 3.63) is 24.3 Å². The Morgan fingerprint density at radius 3 is 2.19 bits per heavy atom. The van der Waals surface area contributed by atoms with Crippen LogP contribution in [0, 0.1) is 0 Å². The number of sulfonamides is 2. The second kappa shape index (κ2) is 10.9. The number of benzene rings is 1. The van der Waals surface area contributed by atoms with Gasteiger partial charge in [0.1, 0.15) is 0 Å². The van der Waals surface area contributed by atoms with E-state index in [4.69, 9.17) is 4.74 Å². The van der Waals surface area contributed by atoms with Gasteiger partial charge in [-0.05, 0) is 64.8 Å². The van der Waals surface area contributed by atoms with Crippen LogP contribution < -0.4 is 10.0 Å². The first-order chi connectivity index (χ1) is 14.4. The number of nitrogens with one attached hydrogen (secondary N) is 2. The van der Waals surface area contributed by atoms with Gasteiger partial charge in [-0.15, -0.1) is 0 Å². The largest absolute Gasteiger partial charge is 0.373 e. The van der Waals surface area contributed by atoms with E-state index >= 15 is 0 Å². The SMILES string of the molecule is CC1CN(S(=O)(=O)c2ccc(NC(=O)CCCCNS(=O)(=O)C(C)C)cc2)CC(C)O1.